The van der Waals surface area contributed by atoms with Crippen LogP contribution in [0.5, 0.6) is 0 Å². The van der Waals surface area contributed by atoms with Crippen LogP contribution in [0.25, 0.3) is 0 Å². The largest absolute Gasteiger partial charge is 0.356 e. The van der Waals surface area contributed by atoms with Crippen molar-refractivity contribution in [2.24, 2.45) is 0 Å². The molecule has 0 atom stereocenters. The van der Waals surface area contributed by atoms with Gasteiger partial charge in [-0.1, -0.05) is 30.3 Å². The van der Waals surface area contributed by atoms with E-state index in [9.17, 15) is 13.2 Å². The van der Waals surface area contributed by atoms with Crippen LogP contribution in [0.4, 0.5) is 5.82 Å². The summed E-state index contributed by atoms with van der Waals surface area (Å²) in [5, 5.41) is 4.60. The number of carbonyl (C=O) groups excluding carboxylic acids is 1. The number of aromatic nitrogens is 1. The maximum atomic E-state index is 13.5. The Hall–Kier alpha value is -2.75. The van der Waals surface area contributed by atoms with Gasteiger partial charge in [-0.15, -0.1) is 11.3 Å². The minimum absolute atomic E-state index is 0.0804. The van der Waals surface area contributed by atoms with E-state index >= 15 is 0 Å². The SMILES string of the molecule is O=C(NCc1cccnc1N1CCCCC1)c1sccc1S(=O)(=O)N1CCc2ccccc2C1. The van der Waals surface area contributed by atoms with Gasteiger partial charge < -0.3 is 10.2 Å². The van der Waals surface area contributed by atoms with Crippen LogP contribution in [0.3, 0.4) is 0 Å². The highest BCUT2D eigenvalue weighted by Crippen LogP contribution is 2.29. The number of hydrogen-bond donors (Lipinski definition) is 1. The molecule has 178 valence electrons. The van der Waals surface area contributed by atoms with E-state index in [2.05, 4.69) is 15.2 Å². The van der Waals surface area contributed by atoms with Crippen LogP contribution in [0, 0.1) is 0 Å². The predicted octanol–water partition coefficient (Wildman–Crippen LogP) is 3.81. The van der Waals surface area contributed by atoms with Gasteiger partial charge in [0.05, 0.1) is 0 Å². The van der Waals surface area contributed by atoms with E-state index in [1.54, 1.807) is 17.6 Å². The van der Waals surface area contributed by atoms with Crippen LogP contribution in [-0.4, -0.2) is 43.2 Å². The molecule has 0 saturated carbocycles. The van der Waals surface area contributed by atoms with E-state index in [4.69, 9.17) is 0 Å². The summed E-state index contributed by atoms with van der Waals surface area (Å²) in [6.07, 6.45) is 5.95. The van der Waals surface area contributed by atoms with Gasteiger partial charge in [0.1, 0.15) is 15.6 Å². The quantitative estimate of drug-likeness (QED) is 0.561. The van der Waals surface area contributed by atoms with Crippen molar-refractivity contribution in [3.8, 4) is 0 Å². The maximum Gasteiger partial charge on any atom is 0.263 e. The lowest BCUT2D eigenvalue weighted by Crippen LogP contribution is -2.37. The monoisotopic (exact) mass is 496 g/mol. The van der Waals surface area contributed by atoms with Gasteiger partial charge in [-0.3, -0.25) is 4.79 Å². The number of anilines is 1. The molecule has 4 heterocycles. The summed E-state index contributed by atoms with van der Waals surface area (Å²) in [4.78, 5) is 20.2. The fourth-order valence-electron chi connectivity index (χ4n) is 4.69. The maximum absolute atomic E-state index is 13.5. The van der Waals surface area contributed by atoms with Crippen LogP contribution < -0.4 is 10.2 Å². The van der Waals surface area contributed by atoms with Crippen LogP contribution in [0.15, 0.2) is 58.9 Å². The number of benzene rings is 1. The Labute approximate surface area is 204 Å². The van der Waals surface area contributed by atoms with Gasteiger partial charge in [0.25, 0.3) is 5.91 Å². The molecule has 0 radical (unpaired) electrons. The minimum atomic E-state index is -3.78. The number of hydrogen-bond acceptors (Lipinski definition) is 6. The molecule has 0 unspecified atom stereocenters. The second-order valence-corrected chi connectivity index (χ2v) is 11.5. The van der Waals surface area contributed by atoms with Gasteiger partial charge in [-0.25, -0.2) is 13.4 Å². The van der Waals surface area contributed by atoms with Crippen molar-refractivity contribution in [3.05, 3.63) is 75.6 Å². The fourth-order valence-corrected chi connectivity index (χ4v) is 7.43. The van der Waals surface area contributed by atoms with Gasteiger partial charge in [0, 0.05) is 44.5 Å². The molecule has 1 amide bonds. The Bertz CT molecular complexity index is 1280. The zero-order chi connectivity index (χ0) is 23.5. The molecule has 0 bridgehead atoms. The first-order valence-corrected chi connectivity index (χ1v) is 14.0. The lowest BCUT2D eigenvalue weighted by molar-refractivity contribution is 0.0952. The molecular weight excluding hydrogens is 468 g/mol. The van der Waals surface area contributed by atoms with Crippen LogP contribution in [-0.2, 0) is 29.5 Å². The third-order valence-corrected chi connectivity index (χ3v) is 9.44. The summed E-state index contributed by atoms with van der Waals surface area (Å²) >= 11 is 1.16. The van der Waals surface area contributed by atoms with Crippen LogP contribution in [0.2, 0.25) is 0 Å². The van der Waals surface area contributed by atoms with E-state index in [0.29, 0.717) is 26.1 Å². The molecule has 2 aliphatic rings. The van der Waals surface area contributed by atoms with Crippen LogP contribution in [0.1, 0.15) is 45.6 Å². The topological polar surface area (TPSA) is 82.6 Å². The molecule has 7 nitrogen and oxygen atoms in total. The molecule has 1 aromatic carbocycles. The molecule has 2 aromatic heterocycles. The second kappa shape index (κ2) is 9.85. The molecule has 1 fully saturated rings. The summed E-state index contributed by atoms with van der Waals surface area (Å²) in [7, 11) is -3.78. The van der Waals surface area contributed by atoms with E-state index in [0.717, 1.165) is 54.2 Å². The number of fused-ring (bicyclic) bond motifs is 1. The summed E-state index contributed by atoms with van der Waals surface area (Å²) in [6.45, 7) is 2.96. The number of piperidine rings is 1. The molecule has 3 aromatic rings. The number of carbonyl (C=O) groups is 1. The highest BCUT2D eigenvalue weighted by molar-refractivity contribution is 7.89. The van der Waals surface area contributed by atoms with E-state index < -0.39 is 10.0 Å². The second-order valence-electron chi connectivity index (χ2n) is 8.69. The van der Waals surface area contributed by atoms with Gasteiger partial charge in [-0.2, -0.15) is 4.31 Å². The van der Waals surface area contributed by atoms with Crippen LogP contribution >= 0.6 is 11.3 Å². The van der Waals surface area contributed by atoms with E-state index in [-0.39, 0.29) is 15.7 Å². The molecule has 0 aliphatic carbocycles. The normalized spacial score (nSPS) is 16.8. The molecule has 1 saturated heterocycles. The molecule has 9 heteroatoms. The number of rotatable bonds is 6. The van der Waals surface area contributed by atoms with E-state index in [1.807, 2.05) is 36.4 Å². The van der Waals surface area contributed by atoms with Gasteiger partial charge >= 0.3 is 0 Å². The molecule has 2 aliphatic heterocycles. The Kier molecular flexibility index (Phi) is 6.67. The highest BCUT2D eigenvalue weighted by atomic mass is 32.2. The molecule has 34 heavy (non-hydrogen) atoms. The summed E-state index contributed by atoms with van der Waals surface area (Å²) in [5.41, 5.74) is 3.13. The Morgan fingerprint density at radius 2 is 1.79 bits per heavy atom. The summed E-state index contributed by atoms with van der Waals surface area (Å²) in [5.74, 6) is 0.521. The van der Waals surface area contributed by atoms with Crippen molar-refractivity contribution in [2.45, 2.75) is 43.7 Å². The van der Waals surface area contributed by atoms with E-state index in [1.165, 1.54) is 16.3 Å². The average Bonchev–Trinajstić information content (AvgIpc) is 3.39. The third-order valence-electron chi connectivity index (χ3n) is 6.51. The molecule has 5 rings (SSSR count). The molecule has 1 N–H and O–H groups in total. The minimum Gasteiger partial charge on any atom is -0.356 e. The third kappa shape index (κ3) is 4.60. The number of sulfonamides is 1. The van der Waals surface area contributed by atoms with Crippen molar-refractivity contribution in [3.63, 3.8) is 0 Å². The molecular formula is C25H28N4O3S2. The number of amides is 1. The first kappa shape index (κ1) is 23.0. The fraction of sp³-hybridized carbons (Fsp3) is 0.360. The highest BCUT2D eigenvalue weighted by Gasteiger charge is 2.32. The standard InChI is InChI=1S/C25H28N4O3S2/c30-25(27-17-20-9-6-12-26-24(20)28-13-4-1-5-14-28)23-22(11-16-33-23)34(31,32)29-15-10-19-7-2-3-8-21(19)18-29/h2-3,6-9,11-12,16H,1,4-5,10,13-15,17-18H2,(H,27,30). The Morgan fingerprint density at radius 1 is 1.00 bits per heavy atom. The number of thiophene rings is 1. The van der Waals surface area contributed by atoms with Crippen molar-refractivity contribution in [2.75, 3.05) is 24.5 Å². The van der Waals surface area contributed by atoms with Crippen molar-refractivity contribution in [1.29, 1.82) is 0 Å². The number of pyridine rings is 1. The smallest absolute Gasteiger partial charge is 0.263 e. The summed E-state index contributed by atoms with van der Waals surface area (Å²) in [6, 6.07) is 13.3. The zero-order valence-electron chi connectivity index (χ0n) is 18.9. The Balaban J connectivity index is 1.32. The van der Waals surface area contributed by atoms with Gasteiger partial charge in [0.2, 0.25) is 10.0 Å². The van der Waals surface area contributed by atoms with Gasteiger partial charge in [-0.05, 0) is 54.3 Å². The zero-order valence-corrected chi connectivity index (χ0v) is 20.6. The first-order chi connectivity index (χ1) is 16.5. The molecule has 0 spiro atoms. The lowest BCUT2D eigenvalue weighted by atomic mass is 10.0. The summed E-state index contributed by atoms with van der Waals surface area (Å²) < 4.78 is 28.4. The van der Waals surface area contributed by atoms with Crippen molar-refractivity contribution in [1.82, 2.24) is 14.6 Å². The number of nitrogens with one attached hydrogen (secondary N) is 1. The van der Waals surface area contributed by atoms with Gasteiger partial charge in [0.15, 0.2) is 0 Å². The van der Waals surface area contributed by atoms with Crippen molar-refractivity contribution < 1.29 is 13.2 Å². The first-order valence-electron chi connectivity index (χ1n) is 11.7. The van der Waals surface area contributed by atoms with Crippen molar-refractivity contribution >= 4 is 33.1 Å². The predicted molar refractivity (Wildman–Crippen MR) is 134 cm³/mol. The Morgan fingerprint density at radius 3 is 2.62 bits per heavy atom. The average molecular weight is 497 g/mol. The lowest BCUT2D eigenvalue weighted by Gasteiger charge is -2.29. The number of nitrogens with zero attached hydrogens (tertiary/aromatic N) is 3.